The van der Waals surface area contributed by atoms with E-state index in [1.54, 1.807) is 13.8 Å². The molecule has 148 valence electrons. The summed E-state index contributed by atoms with van der Waals surface area (Å²) in [5.41, 5.74) is 5.83. The van der Waals surface area contributed by atoms with E-state index in [9.17, 15) is 18.4 Å². The number of alkyl halides is 2. The first-order chi connectivity index (χ1) is 11.6. The van der Waals surface area contributed by atoms with Gasteiger partial charge in [-0.15, -0.1) is 12.4 Å². The Morgan fingerprint density at radius 2 is 1.85 bits per heavy atom. The van der Waals surface area contributed by atoms with E-state index in [-0.39, 0.29) is 52.8 Å². The fourth-order valence-electron chi connectivity index (χ4n) is 1.81. The summed E-state index contributed by atoms with van der Waals surface area (Å²) in [6.07, 6.45) is 0. The zero-order valence-corrected chi connectivity index (χ0v) is 16.4. The van der Waals surface area contributed by atoms with Gasteiger partial charge in [-0.1, -0.05) is 37.0 Å². The number of ether oxygens (including phenoxy) is 1. The number of amides is 2. The molecule has 1 aromatic rings. The van der Waals surface area contributed by atoms with Crippen LogP contribution in [0.1, 0.15) is 19.4 Å². The summed E-state index contributed by atoms with van der Waals surface area (Å²) in [7, 11) is 0. The third-order valence-electron chi connectivity index (χ3n) is 3.21. The van der Waals surface area contributed by atoms with Gasteiger partial charge >= 0.3 is 6.61 Å². The van der Waals surface area contributed by atoms with E-state index in [0.29, 0.717) is 0 Å². The molecule has 0 aromatic heterocycles. The fourth-order valence-corrected chi connectivity index (χ4v) is 2.39. The number of halogens is 5. The van der Waals surface area contributed by atoms with Crippen molar-refractivity contribution in [2.75, 3.05) is 6.54 Å². The number of carbonyl (C=O) groups excluding carboxylic acids is 2. The summed E-state index contributed by atoms with van der Waals surface area (Å²) in [6, 6.07) is 1.86. The Kier molecular flexibility index (Phi) is 10.8. The van der Waals surface area contributed by atoms with E-state index in [1.165, 1.54) is 12.1 Å². The van der Waals surface area contributed by atoms with Crippen molar-refractivity contribution in [1.82, 2.24) is 10.6 Å². The minimum absolute atomic E-state index is 0. The molecular weight excluding hydrogens is 415 g/mol. The molecule has 1 aromatic carbocycles. The average Bonchev–Trinajstić information content (AvgIpc) is 2.52. The molecule has 0 radical (unpaired) electrons. The van der Waals surface area contributed by atoms with Crippen LogP contribution in [0.3, 0.4) is 0 Å². The van der Waals surface area contributed by atoms with Crippen molar-refractivity contribution in [3.63, 3.8) is 0 Å². The Balaban J connectivity index is 0.00000625. The molecule has 0 aliphatic rings. The van der Waals surface area contributed by atoms with Gasteiger partial charge < -0.3 is 21.1 Å². The van der Waals surface area contributed by atoms with Crippen LogP contribution in [0.15, 0.2) is 12.1 Å². The molecule has 0 aliphatic heterocycles. The molecule has 11 heteroatoms. The lowest BCUT2D eigenvalue weighted by Crippen LogP contribution is -2.47. The van der Waals surface area contributed by atoms with E-state index in [0.717, 1.165) is 0 Å². The largest absolute Gasteiger partial charge is 0.433 e. The number of benzene rings is 1. The van der Waals surface area contributed by atoms with Gasteiger partial charge in [-0.25, -0.2) is 0 Å². The molecule has 2 amide bonds. The number of carbonyl (C=O) groups is 2. The lowest BCUT2D eigenvalue weighted by atomic mass is 10.1. The molecule has 0 spiro atoms. The Morgan fingerprint density at radius 3 is 2.38 bits per heavy atom. The number of hydrogen-bond donors (Lipinski definition) is 3. The van der Waals surface area contributed by atoms with Gasteiger partial charge in [-0.2, -0.15) is 8.78 Å². The summed E-state index contributed by atoms with van der Waals surface area (Å²) in [6.45, 7) is 0.00591. The SMILES string of the molecule is CC(C)[C@H](N)C(=O)NCC(=O)NCc1cc(Cl)cc(Cl)c1OC(F)F.Cl. The molecular formula is C15H20Cl3F2N3O3. The average molecular weight is 435 g/mol. The van der Waals surface area contributed by atoms with E-state index in [2.05, 4.69) is 15.4 Å². The predicted octanol–water partition coefficient (Wildman–Crippen LogP) is 2.73. The highest BCUT2D eigenvalue weighted by molar-refractivity contribution is 6.35. The molecule has 0 heterocycles. The van der Waals surface area contributed by atoms with Crippen LogP contribution in [0.25, 0.3) is 0 Å². The van der Waals surface area contributed by atoms with Gasteiger partial charge in [-0.05, 0) is 18.1 Å². The van der Waals surface area contributed by atoms with E-state index in [4.69, 9.17) is 28.9 Å². The Hall–Kier alpha value is -1.35. The van der Waals surface area contributed by atoms with Crippen LogP contribution >= 0.6 is 35.6 Å². The highest BCUT2D eigenvalue weighted by Gasteiger charge is 2.18. The smallest absolute Gasteiger partial charge is 0.387 e. The Bertz CT molecular complexity index is 634. The highest BCUT2D eigenvalue weighted by atomic mass is 35.5. The van der Waals surface area contributed by atoms with Gasteiger partial charge in [0.05, 0.1) is 17.6 Å². The molecule has 0 bridgehead atoms. The number of nitrogens with two attached hydrogens (primary N) is 1. The summed E-state index contributed by atoms with van der Waals surface area (Å²) < 4.78 is 29.3. The second-order valence-corrected chi connectivity index (χ2v) is 6.36. The Labute approximate surface area is 166 Å². The second-order valence-electron chi connectivity index (χ2n) is 5.52. The van der Waals surface area contributed by atoms with Crippen molar-refractivity contribution in [2.45, 2.75) is 33.0 Å². The summed E-state index contributed by atoms with van der Waals surface area (Å²) in [5, 5.41) is 4.94. The molecule has 1 atom stereocenters. The molecule has 1 rings (SSSR count). The predicted molar refractivity (Wildman–Crippen MR) is 98.0 cm³/mol. The molecule has 0 saturated carbocycles. The molecule has 0 unspecified atom stereocenters. The first-order valence-electron chi connectivity index (χ1n) is 7.34. The van der Waals surface area contributed by atoms with Crippen molar-refractivity contribution in [3.8, 4) is 5.75 Å². The first kappa shape index (κ1) is 24.7. The van der Waals surface area contributed by atoms with Crippen molar-refractivity contribution >= 4 is 47.4 Å². The standard InChI is InChI=1S/C15H19Cl2F2N3O3.ClH/c1-7(2)12(20)14(24)22-6-11(23)21-5-8-3-9(16)4-10(17)13(8)25-15(18)19;/h3-4,7,12,15H,5-6,20H2,1-2H3,(H,21,23)(H,22,24);1H/t12-;/m0./s1. The van der Waals surface area contributed by atoms with E-state index in [1.807, 2.05) is 0 Å². The molecule has 0 aliphatic carbocycles. The zero-order chi connectivity index (χ0) is 19.1. The maximum Gasteiger partial charge on any atom is 0.387 e. The molecule has 4 N–H and O–H groups in total. The fraction of sp³-hybridized carbons (Fsp3) is 0.467. The first-order valence-corrected chi connectivity index (χ1v) is 8.10. The van der Waals surface area contributed by atoms with E-state index < -0.39 is 24.5 Å². The maximum absolute atomic E-state index is 12.5. The lowest BCUT2D eigenvalue weighted by molar-refractivity contribution is -0.127. The van der Waals surface area contributed by atoms with Crippen molar-refractivity contribution in [2.24, 2.45) is 11.7 Å². The van der Waals surface area contributed by atoms with Crippen LogP contribution in [-0.4, -0.2) is 31.0 Å². The van der Waals surface area contributed by atoms with Crippen LogP contribution in [-0.2, 0) is 16.1 Å². The Morgan fingerprint density at radius 1 is 1.23 bits per heavy atom. The van der Waals surface area contributed by atoms with Crippen molar-refractivity contribution < 1.29 is 23.1 Å². The van der Waals surface area contributed by atoms with Crippen LogP contribution in [0.4, 0.5) is 8.78 Å². The maximum atomic E-state index is 12.5. The van der Waals surface area contributed by atoms with Gasteiger partial charge in [-0.3, -0.25) is 9.59 Å². The summed E-state index contributed by atoms with van der Waals surface area (Å²) >= 11 is 11.7. The van der Waals surface area contributed by atoms with Gasteiger partial charge in [0.15, 0.2) is 0 Å². The van der Waals surface area contributed by atoms with Gasteiger partial charge in [0.2, 0.25) is 11.8 Å². The molecule has 0 fully saturated rings. The molecule has 0 saturated heterocycles. The topological polar surface area (TPSA) is 93.5 Å². The van der Waals surface area contributed by atoms with Crippen molar-refractivity contribution in [3.05, 3.63) is 27.7 Å². The zero-order valence-electron chi connectivity index (χ0n) is 14.0. The second kappa shape index (κ2) is 11.4. The summed E-state index contributed by atoms with van der Waals surface area (Å²) in [4.78, 5) is 23.5. The molecule has 6 nitrogen and oxygen atoms in total. The van der Waals surface area contributed by atoms with Gasteiger partial charge in [0.1, 0.15) is 5.75 Å². The summed E-state index contributed by atoms with van der Waals surface area (Å²) in [5.74, 6) is -1.35. The number of rotatable bonds is 8. The number of hydrogen-bond acceptors (Lipinski definition) is 4. The normalized spacial score (nSPS) is 11.7. The third kappa shape index (κ3) is 7.90. The highest BCUT2D eigenvalue weighted by Crippen LogP contribution is 2.33. The minimum atomic E-state index is -3.08. The van der Waals surface area contributed by atoms with E-state index >= 15 is 0 Å². The molecule has 26 heavy (non-hydrogen) atoms. The number of nitrogens with one attached hydrogen (secondary N) is 2. The van der Waals surface area contributed by atoms with Crippen LogP contribution in [0.2, 0.25) is 10.0 Å². The van der Waals surface area contributed by atoms with Crippen molar-refractivity contribution in [1.29, 1.82) is 0 Å². The van der Waals surface area contributed by atoms with Crippen LogP contribution < -0.4 is 21.1 Å². The van der Waals surface area contributed by atoms with Gasteiger partial charge in [0.25, 0.3) is 0 Å². The monoisotopic (exact) mass is 433 g/mol. The van der Waals surface area contributed by atoms with Crippen LogP contribution in [0, 0.1) is 5.92 Å². The third-order valence-corrected chi connectivity index (χ3v) is 3.71. The minimum Gasteiger partial charge on any atom is -0.433 e. The van der Waals surface area contributed by atoms with Gasteiger partial charge in [0, 0.05) is 17.1 Å². The quantitative estimate of drug-likeness (QED) is 0.586. The lowest BCUT2D eigenvalue weighted by Gasteiger charge is -2.16. The van der Waals surface area contributed by atoms with Crippen LogP contribution in [0.5, 0.6) is 5.75 Å².